The van der Waals surface area contributed by atoms with E-state index in [-0.39, 0.29) is 35.5 Å². The molecule has 1 aromatic heterocycles. The third kappa shape index (κ3) is 7.39. The van der Waals surface area contributed by atoms with Gasteiger partial charge in [-0.15, -0.1) is 23.1 Å². The topological polar surface area (TPSA) is 83.6 Å². The van der Waals surface area contributed by atoms with E-state index in [9.17, 15) is 9.59 Å². The predicted molar refractivity (Wildman–Crippen MR) is 123 cm³/mol. The summed E-state index contributed by atoms with van der Waals surface area (Å²) in [4.78, 5) is 31.0. The van der Waals surface area contributed by atoms with Crippen LogP contribution in [0, 0.1) is 6.92 Å². The van der Waals surface area contributed by atoms with E-state index in [2.05, 4.69) is 34.4 Å². The van der Waals surface area contributed by atoms with Crippen LogP contribution in [0.2, 0.25) is 0 Å². The minimum Gasteiger partial charge on any atom is -0.373 e. The van der Waals surface area contributed by atoms with Crippen molar-refractivity contribution in [2.24, 2.45) is 0 Å². The number of hydrogen-bond acceptors (Lipinski definition) is 7. The molecule has 0 bridgehead atoms. The van der Waals surface area contributed by atoms with Gasteiger partial charge in [-0.25, -0.2) is 4.98 Å². The number of carbonyl (C=O) groups excluding carboxylic acids is 2. The Morgan fingerprint density at radius 3 is 2.43 bits per heavy atom. The molecule has 162 valence electrons. The summed E-state index contributed by atoms with van der Waals surface area (Å²) in [5.41, 5.74) is 2.84. The molecule has 1 aliphatic rings. The van der Waals surface area contributed by atoms with Gasteiger partial charge in [0.25, 0.3) is 0 Å². The number of amides is 2. The second-order valence-electron chi connectivity index (χ2n) is 7.55. The minimum atomic E-state index is -0.155. The Hall–Kier alpha value is -1.94. The Morgan fingerprint density at radius 1 is 1.13 bits per heavy atom. The number of benzene rings is 1. The maximum absolute atomic E-state index is 12.2. The molecular formula is C21H28N4O3S2. The van der Waals surface area contributed by atoms with Crippen LogP contribution in [0.25, 0.3) is 0 Å². The van der Waals surface area contributed by atoms with Crippen molar-refractivity contribution in [2.45, 2.75) is 39.5 Å². The normalized spacial score (nSPS) is 19.4. The zero-order valence-corrected chi connectivity index (χ0v) is 19.1. The molecule has 0 saturated carbocycles. The number of aromatic nitrogens is 1. The van der Waals surface area contributed by atoms with Gasteiger partial charge in [0.1, 0.15) is 0 Å². The van der Waals surface area contributed by atoms with Crippen LogP contribution < -0.4 is 10.6 Å². The van der Waals surface area contributed by atoms with E-state index in [0.717, 1.165) is 36.6 Å². The zero-order chi connectivity index (χ0) is 21.5. The number of rotatable bonds is 8. The molecule has 0 aliphatic carbocycles. The number of thioether (sulfide) groups is 1. The number of morpholine rings is 1. The van der Waals surface area contributed by atoms with Crippen LogP contribution in [0.15, 0.2) is 29.6 Å². The van der Waals surface area contributed by atoms with Gasteiger partial charge in [-0.1, -0.05) is 17.7 Å². The van der Waals surface area contributed by atoms with Gasteiger partial charge in [0.2, 0.25) is 11.8 Å². The molecule has 1 saturated heterocycles. The molecule has 1 aliphatic heterocycles. The summed E-state index contributed by atoms with van der Waals surface area (Å²) in [5.74, 6) is 0.145. The van der Waals surface area contributed by atoms with Crippen LogP contribution in [0.1, 0.15) is 25.1 Å². The van der Waals surface area contributed by atoms with E-state index in [1.54, 1.807) is 0 Å². The monoisotopic (exact) mass is 448 g/mol. The molecule has 2 unspecified atom stereocenters. The summed E-state index contributed by atoms with van der Waals surface area (Å²) in [6.45, 7) is 8.66. The van der Waals surface area contributed by atoms with Gasteiger partial charge in [-0.05, 0) is 32.9 Å². The van der Waals surface area contributed by atoms with Crippen molar-refractivity contribution in [2.75, 3.05) is 35.2 Å². The Bertz CT molecular complexity index is 846. The quantitative estimate of drug-likeness (QED) is 0.644. The first-order valence-electron chi connectivity index (χ1n) is 9.93. The van der Waals surface area contributed by atoms with E-state index >= 15 is 0 Å². The number of aryl methyl sites for hydroxylation is 1. The van der Waals surface area contributed by atoms with Crippen molar-refractivity contribution < 1.29 is 14.3 Å². The number of hydrogen-bond donors (Lipinski definition) is 2. The third-order valence-corrected chi connectivity index (χ3v) is 6.22. The highest BCUT2D eigenvalue weighted by Crippen LogP contribution is 2.19. The number of anilines is 2. The van der Waals surface area contributed by atoms with Gasteiger partial charge in [0.15, 0.2) is 5.13 Å². The van der Waals surface area contributed by atoms with E-state index in [4.69, 9.17) is 4.74 Å². The Balaban J connectivity index is 1.37. The SMILES string of the molecule is Cc1ccc(NC(=O)CSCC(=O)Nc2nc(CN3CC(C)OC(C)C3)cs2)cc1. The minimum absolute atomic E-state index is 0.123. The molecule has 0 spiro atoms. The lowest BCUT2D eigenvalue weighted by Gasteiger charge is -2.34. The number of carbonyl (C=O) groups is 2. The summed E-state index contributed by atoms with van der Waals surface area (Å²) >= 11 is 2.70. The van der Waals surface area contributed by atoms with Crippen molar-refractivity contribution in [3.05, 3.63) is 40.9 Å². The summed E-state index contributed by atoms with van der Waals surface area (Å²) in [6.07, 6.45) is 0.429. The van der Waals surface area contributed by atoms with Crippen LogP contribution in [0.4, 0.5) is 10.8 Å². The first-order chi connectivity index (χ1) is 14.4. The van der Waals surface area contributed by atoms with Crippen molar-refractivity contribution >= 4 is 45.7 Å². The summed E-state index contributed by atoms with van der Waals surface area (Å²) in [7, 11) is 0. The second kappa shape index (κ2) is 10.9. The van der Waals surface area contributed by atoms with Gasteiger partial charge < -0.3 is 15.4 Å². The molecule has 2 heterocycles. The van der Waals surface area contributed by atoms with E-state index in [1.807, 2.05) is 36.6 Å². The molecule has 2 amide bonds. The van der Waals surface area contributed by atoms with Gasteiger partial charge in [0, 0.05) is 30.7 Å². The smallest absolute Gasteiger partial charge is 0.236 e. The maximum Gasteiger partial charge on any atom is 0.236 e. The average Bonchev–Trinajstić information content (AvgIpc) is 3.09. The maximum atomic E-state index is 12.2. The van der Waals surface area contributed by atoms with Gasteiger partial charge in [-0.3, -0.25) is 14.5 Å². The lowest BCUT2D eigenvalue weighted by molar-refractivity contribution is -0.114. The molecular weight excluding hydrogens is 420 g/mol. The zero-order valence-electron chi connectivity index (χ0n) is 17.5. The highest BCUT2D eigenvalue weighted by molar-refractivity contribution is 8.00. The highest BCUT2D eigenvalue weighted by Gasteiger charge is 2.22. The molecule has 30 heavy (non-hydrogen) atoms. The van der Waals surface area contributed by atoms with Gasteiger partial charge in [-0.2, -0.15) is 0 Å². The molecule has 0 radical (unpaired) electrons. The van der Waals surface area contributed by atoms with Gasteiger partial charge in [0.05, 0.1) is 29.4 Å². The Kier molecular flexibility index (Phi) is 8.26. The number of thiazole rings is 1. The van der Waals surface area contributed by atoms with Crippen molar-refractivity contribution in [3.63, 3.8) is 0 Å². The van der Waals surface area contributed by atoms with E-state index in [0.29, 0.717) is 5.13 Å². The largest absolute Gasteiger partial charge is 0.373 e. The Labute approximate surface area is 185 Å². The standard InChI is InChI=1S/C21H28N4O3S2/c1-14-4-6-17(7-5-14)22-19(26)12-29-13-20(27)24-21-23-18(11-30-21)10-25-8-15(2)28-16(3)9-25/h4-7,11,15-16H,8-10,12-13H2,1-3H3,(H,22,26)(H,23,24,27). The predicted octanol–water partition coefficient (Wildman–Crippen LogP) is 3.37. The van der Waals surface area contributed by atoms with Crippen LogP contribution >= 0.6 is 23.1 Å². The van der Waals surface area contributed by atoms with Crippen molar-refractivity contribution in [1.82, 2.24) is 9.88 Å². The molecule has 1 aromatic carbocycles. The summed E-state index contributed by atoms with van der Waals surface area (Å²) in [5, 5.41) is 8.21. The molecule has 2 aromatic rings. The third-order valence-electron chi connectivity index (χ3n) is 4.48. The summed E-state index contributed by atoms with van der Waals surface area (Å²) < 4.78 is 5.76. The van der Waals surface area contributed by atoms with Crippen LogP contribution in [-0.2, 0) is 20.9 Å². The van der Waals surface area contributed by atoms with Crippen molar-refractivity contribution in [1.29, 1.82) is 0 Å². The lowest BCUT2D eigenvalue weighted by atomic mass is 10.2. The lowest BCUT2D eigenvalue weighted by Crippen LogP contribution is -2.44. The van der Waals surface area contributed by atoms with Crippen LogP contribution in [0.3, 0.4) is 0 Å². The fourth-order valence-electron chi connectivity index (χ4n) is 3.31. The van der Waals surface area contributed by atoms with E-state index in [1.165, 1.54) is 23.1 Å². The van der Waals surface area contributed by atoms with Crippen LogP contribution in [0.5, 0.6) is 0 Å². The number of ether oxygens (including phenoxy) is 1. The molecule has 9 heteroatoms. The van der Waals surface area contributed by atoms with E-state index < -0.39 is 0 Å². The van der Waals surface area contributed by atoms with Gasteiger partial charge >= 0.3 is 0 Å². The molecule has 3 rings (SSSR count). The number of nitrogens with zero attached hydrogens (tertiary/aromatic N) is 2. The average molecular weight is 449 g/mol. The molecule has 1 fully saturated rings. The first-order valence-corrected chi connectivity index (χ1v) is 12.0. The Morgan fingerprint density at radius 2 is 1.77 bits per heavy atom. The number of nitrogens with one attached hydrogen (secondary N) is 2. The summed E-state index contributed by atoms with van der Waals surface area (Å²) in [6, 6.07) is 7.61. The molecule has 2 N–H and O–H groups in total. The van der Waals surface area contributed by atoms with Crippen molar-refractivity contribution in [3.8, 4) is 0 Å². The first kappa shape index (κ1) is 22.7. The fraction of sp³-hybridized carbons (Fsp3) is 0.476. The fourth-order valence-corrected chi connectivity index (χ4v) is 4.64. The molecule has 2 atom stereocenters. The molecule has 7 nitrogen and oxygen atoms in total. The highest BCUT2D eigenvalue weighted by atomic mass is 32.2. The van der Waals surface area contributed by atoms with Crippen LogP contribution in [-0.4, -0.2) is 58.5 Å². The second-order valence-corrected chi connectivity index (χ2v) is 9.39.